The summed E-state index contributed by atoms with van der Waals surface area (Å²) in [6.45, 7) is 6.47. The molecule has 0 aromatic heterocycles. The van der Waals surface area contributed by atoms with Crippen molar-refractivity contribution in [3.8, 4) is 5.75 Å². The number of ether oxygens (including phenoxy) is 1. The second-order valence-electron chi connectivity index (χ2n) is 5.37. The first-order valence-corrected chi connectivity index (χ1v) is 6.83. The quantitative estimate of drug-likeness (QED) is 0.890. The van der Waals surface area contributed by atoms with E-state index in [9.17, 15) is 5.11 Å². The summed E-state index contributed by atoms with van der Waals surface area (Å²) >= 11 is 0. The second-order valence-corrected chi connectivity index (χ2v) is 5.37. The van der Waals surface area contributed by atoms with Gasteiger partial charge < -0.3 is 14.7 Å². The highest BCUT2D eigenvalue weighted by atomic mass is 16.5. The van der Waals surface area contributed by atoms with E-state index in [1.54, 1.807) is 7.11 Å². The Morgan fingerprint density at radius 2 is 2.16 bits per heavy atom. The van der Waals surface area contributed by atoms with E-state index in [2.05, 4.69) is 23.8 Å². The third kappa shape index (κ3) is 3.47. The van der Waals surface area contributed by atoms with Crippen molar-refractivity contribution in [2.24, 2.45) is 0 Å². The van der Waals surface area contributed by atoms with Crippen LogP contribution < -0.4 is 4.74 Å². The van der Waals surface area contributed by atoms with Crippen LogP contribution in [0.15, 0.2) is 18.2 Å². The molecular weight excluding hydrogens is 240 g/mol. The van der Waals surface area contributed by atoms with Gasteiger partial charge in [0.25, 0.3) is 0 Å². The van der Waals surface area contributed by atoms with Crippen LogP contribution >= 0.6 is 0 Å². The Morgan fingerprint density at radius 1 is 1.37 bits per heavy atom. The van der Waals surface area contributed by atoms with Crippen molar-refractivity contribution in [3.63, 3.8) is 0 Å². The predicted octanol–water partition coefficient (Wildman–Crippen LogP) is 1.32. The number of methoxy groups -OCH3 is 1. The number of piperazine rings is 1. The average Bonchev–Trinajstić information content (AvgIpc) is 2.43. The maximum Gasteiger partial charge on any atom is 0.123 e. The van der Waals surface area contributed by atoms with Crippen LogP contribution in [-0.2, 0) is 13.2 Å². The second kappa shape index (κ2) is 6.37. The lowest BCUT2D eigenvalue weighted by Gasteiger charge is -2.37. The topological polar surface area (TPSA) is 35.9 Å². The molecule has 1 fully saturated rings. The molecule has 4 nitrogen and oxygen atoms in total. The number of likely N-dealkylation sites (N-methyl/N-ethyl adjacent to an activating group) is 1. The Bertz CT molecular complexity index is 423. The summed E-state index contributed by atoms with van der Waals surface area (Å²) in [7, 11) is 3.87. The van der Waals surface area contributed by atoms with Crippen LogP contribution in [-0.4, -0.2) is 54.7 Å². The van der Waals surface area contributed by atoms with Crippen molar-refractivity contribution < 1.29 is 9.84 Å². The average molecular weight is 264 g/mol. The Labute approximate surface area is 115 Å². The van der Waals surface area contributed by atoms with Crippen molar-refractivity contribution in [2.45, 2.75) is 26.1 Å². The highest BCUT2D eigenvalue weighted by Crippen LogP contribution is 2.22. The highest BCUT2D eigenvalue weighted by molar-refractivity contribution is 5.37. The summed E-state index contributed by atoms with van der Waals surface area (Å²) in [6, 6.07) is 6.48. The number of benzene rings is 1. The maximum atomic E-state index is 9.25. The van der Waals surface area contributed by atoms with Crippen molar-refractivity contribution in [2.75, 3.05) is 33.8 Å². The number of hydrogen-bond donors (Lipinski definition) is 1. The highest BCUT2D eigenvalue weighted by Gasteiger charge is 2.21. The number of rotatable bonds is 4. The standard InChI is InChI=1S/C15H24N2O2/c1-12-9-17(7-6-16(12)2)10-14-8-13(11-18)4-5-15(14)19-3/h4-5,8,12,18H,6-7,9-11H2,1-3H3. The number of hydrogen-bond acceptors (Lipinski definition) is 4. The lowest BCUT2D eigenvalue weighted by atomic mass is 10.1. The normalized spacial score (nSPS) is 21.6. The number of nitrogens with zero attached hydrogens (tertiary/aromatic N) is 2. The first kappa shape index (κ1) is 14.3. The summed E-state index contributed by atoms with van der Waals surface area (Å²) in [5.41, 5.74) is 2.10. The van der Waals surface area contributed by atoms with Gasteiger partial charge in [-0.15, -0.1) is 0 Å². The molecule has 0 saturated carbocycles. The molecule has 0 amide bonds. The van der Waals surface area contributed by atoms with Crippen molar-refractivity contribution in [1.82, 2.24) is 9.80 Å². The molecule has 1 unspecified atom stereocenters. The van der Waals surface area contributed by atoms with Crippen LogP contribution in [0, 0.1) is 0 Å². The Morgan fingerprint density at radius 3 is 2.79 bits per heavy atom. The molecule has 1 saturated heterocycles. The van der Waals surface area contributed by atoms with Gasteiger partial charge in [0.2, 0.25) is 0 Å². The summed E-state index contributed by atoms with van der Waals surface area (Å²) < 4.78 is 5.42. The third-order valence-electron chi connectivity index (χ3n) is 3.97. The molecule has 1 aromatic rings. The maximum absolute atomic E-state index is 9.25. The van der Waals surface area contributed by atoms with Gasteiger partial charge in [-0.05, 0) is 31.7 Å². The molecule has 1 atom stereocenters. The molecule has 0 radical (unpaired) electrons. The number of aliphatic hydroxyl groups is 1. The molecule has 1 aliphatic rings. The molecule has 106 valence electrons. The van der Waals surface area contributed by atoms with E-state index in [4.69, 9.17) is 4.74 Å². The molecule has 1 heterocycles. The van der Waals surface area contributed by atoms with E-state index >= 15 is 0 Å². The lowest BCUT2D eigenvalue weighted by molar-refractivity contribution is 0.0993. The first-order chi connectivity index (χ1) is 9.13. The zero-order valence-corrected chi connectivity index (χ0v) is 12.1. The molecular formula is C15H24N2O2. The minimum atomic E-state index is 0.0795. The van der Waals surface area contributed by atoms with E-state index in [1.807, 2.05) is 18.2 Å². The fourth-order valence-electron chi connectivity index (χ4n) is 2.56. The monoisotopic (exact) mass is 264 g/mol. The van der Waals surface area contributed by atoms with Gasteiger partial charge in [-0.3, -0.25) is 4.90 Å². The van der Waals surface area contributed by atoms with Crippen molar-refractivity contribution >= 4 is 0 Å². The van der Waals surface area contributed by atoms with Crippen LogP contribution in [0.5, 0.6) is 5.75 Å². The zero-order valence-electron chi connectivity index (χ0n) is 12.1. The smallest absolute Gasteiger partial charge is 0.123 e. The first-order valence-electron chi connectivity index (χ1n) is 6.83. The van der Waals surface area contributed by atoms with Crippen LogP contribution in [0.4, 0.5) is 0 Å². The van der Waals surface area contributed by atoms with Gasteiger partial charge in [0.15, 0.2) is 0 Å². The van der Waals surface area contributed by atoms with E-state index in [0.717, 1.165) is 43.1 Å². The summed E-state index contributed by atoms with van der Waals surface area (Å²) in [5.74, 6) is 0.906. The van der Waals surface area contributed by atoms with Gasteiger partial charge in [-0.1, -0.05) is 6.07 Å². The lowest BCUT2D eigenvalue weighted by Crippen LogP contribution is -2.49. The third-order valence-corrected chi connectivity index (χ3v) is 3.97. The molecule has 19 heavy (non-hydrogen) atoms. The van der Waals surface area contributed by atoms with E-state index in [1.165, 1.54) is 0 Å². The van der Waals surface area contributed by atoms with Crippen LogP contribution in [0.25, 0.3) is 0 Å². The number of aliphatic hydroxyl groups excluding tert-OH is 1. The minimum absolute atomic E-state index is 0.0795. The van der Waals surface area contributed by atoms with Gasteiger partial charge in [-0.25, -0.2) is 0 Å². The molecule has 1 aromatic carbocycles. The molecule has 1 aliphatic heterocycles. The fourth-order valence-corrected chi connectivity index (χ4v) is 2.56. The molecule has 4 heteroatoms. The molecule has 1 N–H and O–H groups in total. The van der Waals surface area contributed by atoms with E-state index in [0.29, 0.717) is 6.04 Å². The van der Waals surface area contributed by atoms with E-state index < -0.39 is 0 Å². The van der Waals surface area contributed by atoms with Crippen LogP contribution in [0.3, 0.4) is 0 Å². The summed E-state index contributed by atoms with van der Waals surface area (Å²) in [5, 5.41) is 9.25. The van der Waals surface area contributed by atoms with E-state index in [-0.39, 0.29) is 6.61 Å². The predicted molar refractivity (Wildman–Crippen MR) is 76.3 cm³/mol. The molecule has 0 bridgehead atoms. The van der Waals surface area contributed by atoms with Gasteiger partial charge in [0.1, 0.15) is 5.75 Å². The van der Waals surface area contributed by atoms with Crippen molar-refractivity contribution in [3.05, 3.63) is 29.3 Å². The summed E-state index contributed by atoms with van der Waals surface area (Å²) in [4.78, 5) is 4.83. The Balaban J connectivity index is 2.09. The van der Waals surface area contributed by atoms with Gasteiger partial charge in [0.05, 0.1) is 13.7 Å². The largest absolute Gasteiger partial charge is 0.496 e. The SMILES string of the molecule is COc1ccc(CO)cc1CN1CCN(C)C(C)C1. The molecule has 0 spiro atoms. The van der Waals surface area contributed by atoms with Crippen LogP contribution in [0.2, 0.25) is 0 Å². The van der Waals surface area contributed by atoms with Crippen molar-refractivity contribution in [1.29, 1.82) is 0 Å². The molecule has 2 rings (SSSR count). The van der Waals surface area contributed by atoms with Gasteiger partial charge in [0, 0.05) is 37.8 Å². The molecule has 0 aliphatic carbocycles. The fraction of sp³-hybridized carbons (Fsp3) is 0.600. The van der Waals surface area contributed by atoms with Gasteiger partial charge in [-0.2, -0.15) is 0 Å². The Hall–Kier alpha value is -1.10. The van der Waals surface area contributed by atoms with Gasteiger partial charge >= 0.3 is 0 Å². The van der Waals surface area contributed by atoms with Crippen LogP contribution in [0.1, 0.15) is 18.1 Å². The summed E-state index contributed by atoms with van der Waals surface area (Å²) in [6.07, 6.45) is 0. The minimum Gasteiger partial charge on any atom is -0.496 e. The zero-order chi connectivity index (χ0) is 13.8. The Kier molecular flexibility index (Phi) is 4.80.